The first-order chi connectivity index (χ1) is 8.71. The van der Waals surface area contributed by atoms with Gasteiger partial charge in [-0.05, 0) is 37.0 Å². The molecule has 1 aromatic carbocycles. The highest BCUT2D eigenvalue weighted by Gasteiger charge is 2.26. The molecule has 1 aromatic rings. The van der Waals surface area contributed by atoms with E-state index in [0.29, 0.717) is 23.8 Å². The molecular formula is C13H17NO4. The SMILES string of the molecule is CCOC(=O)Nc1c2c(cc(OC)c1OC)CC2. The Labute approximate surface area is 106 Å². The summed E-state index contributed by atoms with van der Waals surface area (Å²) in [4.78, 5) is 11.5. The maximum Gasteiger partial charge on any atom is 0.411 e. The molecule has 2 rings (SSSR count). The fraction of sp³-hybridized carbons (Fsp3) is 0.462. The van der Waals surface area contributed by atoms with Crippen molar-refractivity contribution < 1.29 is 19.0 Å². The summed E-state index contributed by atoms with van der Waals surface area (Å²) in [7, 11) is 3.14. The van der Waals surface area contributed by atoms with Crippen LogP contribution in [0.1, 0.15) is 18.1 Å². The molecule has 1 amide bonds. The number of benzene rings is 1. The van der Waals surface area contributed by atoms with E-state index in [1.165, 1.54) is 5.56 Å². The quantitative estimate of drug-likeness (QED) is 0.892. The summed E-state index contributed by atoms with van der Waals surface area (Å²) < 4.78 is 15.5. The van der Waals surface area contributed by atoms with Crippen LogP contribution in [-0.2, 0) is 17.6 Å². The van der Waals surface area contributed by atoms with Crippen molar-refractivity contribution in [3.05, 3.63) is 17.2 Å². The van der Waals surface area contributed by atoms with Crippen molar-refractivity contribution in [2.75, 3.05) is 26.1 Å². The van der Waals surface area contributed by atoms with Gasteiger partial charge in [0.2, 0.25) is 0 Å². The Balaban J connectivity index is 2.37. The van der Waals surface area contributed by atoms with Gasteiger partial charge in [0.1, 0.15) is 0 Å². The first-order valence-electron chi connectivity index (χ1n) is 5.91. The maximum absolute atomic E-state index is 11.5. The minimum absolute atomic E-state index is 0.334. The zero-order chi connectivity index (χ0) is 13.1. The molecule has 0 heterocycles. The van der Waals surface area contributed by atoms with Crippen LogP contribution in [0.4, 0.5) is 10.5 Å². The number of amides is 1. The van der Waals surface area contributed by atoms with Gasteiger partial charge in [-0.3, -0.25) is 5.32 Å². The Morgan fingerprint density at radius 1 is 1.33 bits per heavy atom. The molecule has 0 unspecified atom stereocenters. The van der Waals surface area contributed by atoms with Gasteiger partial charge in [-0.2, -0.15) is 0 Å². The second kappa shape index (κ2) is 5.16. The van der Waals surface area contributed by atoms with Crippen LogP contribution in [0.5, 0.6) is 11.5 Å². The summed E-state index contributed by atoms with van der Waals surface area (Å²) in [6.07, 6.45) is 1.45. The number of nitrogens with one attached hydrogen (secondary N) is 1. The number of fused-ring (bicyclic) bond motifs is 1. The molecule has 0 radical (unpaired) electrons. The largest absolute Gasteiger partial charge is 0.493 e. The van der Waals surface area contributed by atoms with Crippen LogP contribution >= 0.6 is 0 Å². The average Bonchev–Trinajstić information content (AvgIpc) is 2.31. The summed E-state index contributed by atoms with van der Waals surface area (Å²) in [6.45, 7) is 2.10. The third-order valence-electron chi connectivity index (χ3n) is 3.02. The highest BCUT2D eigenvalue weighted by Crippen LogP contribution is 2.44. The van der Waals surface area contributed by atoms with E-state index in [9.17, 15) is 4.79 Å². The number of carbonyl (C=O) groups is 1. The van der Waals surface area contributed by atoms with E-state index in [1.54, 1.807) is 21.1 Å². The number of anilines is 1. The molecule has 18 heavy (non-hydrogen) atoms. The van der Waals surface area contributed by atoms with E-state index in [-0.39, 0.29) is 0 Å². The molecule has 5 heteroatoms. The lowest BCUT2D eigenvalue weighted by Crippen LogP contribution is -2.20. The molecule has 98 valence electrons. The van der Waals surface area contributed by atoms with Gasteiger partial charge in [-0.25, -0.2) is 4.79 Å². The van der Waals surface area contributed by atoms with Crippen molar-refractivity contribution in [3.8, 4) is 11.5 Å². The van der Waals surface area contributed by atoms with Crippen LogP contribution in [0, 0.1) is 0 Å². The number of aryl methyl sites for hydroxylation is 1. The van der Waals surface area contributed by atoms with Crippen molar-refractivity contribution in [3.63, 3.8) is 0 Å². The second-order valence-corrected chi connectivity index (χ2v) is 3.97. The molecule has 0 aliphatic heterocycles. The highest BCUT2D eigenvalue weighted by molar-refractivity contribution is 5.90. The Bertz CT molecular complexity index is 471. The number of hydrogen-bond donors (Lipinski definition) is 1. The Hall–Kier alpha value is -1.91. The fourth-order valence-corrected chi connectivity index (χ4v) is 2.08. The van der Waals surface area contributed by atoms with Gasteiger partial charge in [-0.1, -0.05) is 0 Å². The summed E-state index contributed by atoms with van der Waals surface area (Å²) in [6, 6.07) is 1.95. The number of rotatable bonds is 4. The zero-order valence-electron chi connectivity index (χ0n) is 10.8. The second-order valence-electron chi connectivity index (χ2n) is 3.97. The number of carbonyl (C=O) groups excluding carboxylic acids is 1. The lowest BCUT2D eigenvalue weighted by Gasteiger charge is -2.26. The average molecular weight is 251 g/mol. The number of methoxy groups -OCH3 is 2. The first-order valence-corrected chi connectivity index (χ1v) is 5.91. The molecule has 0 atom stereocenters. The van der Waals surface area contributed by atoms with Gasteiger partial charge in [0, 0.05) is 0 Å². The number of ether oxygens (including phenoxy) is 3. The van der Waals surface area contributed by atoms with Gasteiger partial charge in [-0.15, -0.1) is 0 Å². The molecule has 0 saturated heterocycles. The van der Waals surface area contributed by atoms with Crippen LogP contribution in [-0.4, -0.2) is 26.9 Å². The van der Waals surface area contributed by atoms with Crippen LogP contribution in [0.25, 0.3) is 0 Å². The summed E-state index contributed by atoms with van der Waals surface area (Å²) in [5.41, 5.74) is 2.94. The maximum atomic E-state index is 11.5. The lowest BCUT2D eigenvalue weighted by molar-refractivity contribution is 0.167. The van der Waals surface area contributed by atoms with Gasteiger partial charge >= 0.3 is 6.09 Å². The van der Waals surface area contributed by atoms with Crippen molar-refractivity contribution in [2.24, 2.45) is 0 Å². The topological polar surface area (TPSA) is 56.8 Å². The lowest BCUT2D eigenvalue weighted by atomic mass is 9.86. The van der Waals surface area contributed by atoms with Crippen molar-refractivity contribution in [1.29, 1.82) is 0 Å². The molecule has 0 aromatic heterocycles. The Kier molecular flexibility index (Phi) is 3.60. The monoisotopic (exact) mass is 251 g/mol. The van der Waals surface area contributed by atoms with Crippen molar-refractivity contribution >= 4 is 11.8 Å². The van der Waals surface area contributed by atoms with Gasteiger partial charge < -0.3 is 14.2 Å². The molecule has 1 aliphatic carbocycles. The zero-order valence-corrected chi connectivity index (χ0v) is 10.8. The van der Waals surface area contributed by atoms with E-state index < -0.39 is 6.09 Å². The predicted molar refractivity (Wildman–Crippen MR) is 67.6 cm³/mol. The van der Waals surface area contributed by atoms with E-state index in [2.05, 4.69) is 5.32 Å². The van der Waals surface area contributed by atoms with Gasteiger partial charge in [0.05, 0.1) is 26.5 Å². The van der Waals surface area contributed by atoms with Crippen molar-refractivity contribution in [2.45, 2.75) is 19.8 Å². The Morgan fingerprint density at radius 3 is 2.61 bits per heavy atom. The Morgan fingerprint density at radius 2 is 2.11 bits per heavy atom. The highest BCUT2D eigenvalue weighted by atomic mass is 16.5. The molecule has 5 nitrogen and oxygen atoms in total. The van der Waals surface area contributed by atoms with Crippen molar-refractivity contribution in [1.82, 2.24) is 0 Å². The van der Waals surface area contributed by atoms with Gasteiger partial charge in [0.15, 0.2) is 11.5 Å². The van der Waals surface area contributed by atoms with Crippen LogP contribution in [0.15, 0.2) is 6.07 Å². The standard InChI is InChI=1S/C13H17NO4/c1-4-18-13(15)14-11-9-6-5-8(9)7-10(16-2)12(11)17-3/h7H,4-6H2,1-3H3,(H,14,15). The smallest absolute Gasteiger partial charge is 0.411 e. The first kappa shape index (κ1) is 12.5. The van der Waals surface area contributed by atoms with Crippen LogP contribution in [0.2, 0.25) is 0 Å². The van der Waals surface area contributed by atoms with E-state index >= 15 is 0 Å². The summed E-state index contributed by atoms with van der Waals surface area (Å²) in [5.74, 6) is 1.17. The minimum Gasteiger partial charge on any atom is -0.493 e. The third-order valence-corrected chi connectivity index (χ3v) is 3.02. The summed E-state index contributed by atoms with van der Waals surface area (Å²) in [5, 5.41) is 2.73. The molecule has 0 bridgehead atoms. The molecular weight excluding hydrogens is 234 g/mol. The molecule has 0 saturated carbocycles. The fourth-order valence-electron chi connectivity index (χ4n) is 2.08. The third kappa shape index (κ3) is 2.08. The van der Waals surface area contributed by atoms with Crippen LogP contribution in [0.3, 0.4) is 0 Å². The van der Waals surface area contributed by atoms with E-state index in [0.717, 1.165) is 18.4 Å². The molecule has 1 N–H and O–H groups in total. The summed E-state index contributed by atoms with van der Waals surface area (Å²) >= 11 is 0. The predicted octanol–water partition coefficient (Wildman–Crippen LogP) is 2.37. The normalized spacial score (nSPS) is 12.2. The van der Waals surface area contributed by atoms with Gasteiger partial charge in [0.25, 0.3) is 0 Å². The minimum atomic E-state index is -0.474. The molecule has 1 aliphatic rings. The van der Waals surface area contributed by atoms with E-state index in [1.807, 2.05) is 6.07 Å². The molecule has 0 fully saturated rings. The molecule has 0 spiro atoms. The van der Waals surface area contributed by atoms with Crippen LogP contribution < -0.4 is 14.8 Å². The number of hydrogen-bond acceptors (Lipinski definition) is 4. The van der Waals surface area contributed by atoms with E-state index in [4.69, 9.17) is 14.2 Å².